The molecule has 0 aliphatic carbocycles. The third-order valence-electron chi connectivity index (χ3n) is 4.53. The summed E-state index contributed by atoms with van der Waals surface area (Å²) in [6.07, 6.45) is 0. The topological polar surface area (TPSA) is 140 Å². The van der Waals surface area contributed by atoms with E-state index in [-0.39, 0.29) is 27.3 Å². The fourth-order valence-electron chi connectivity index (χ4n) is 2.70. The minimum Gasteiger partial charge on any atom is -0.497 e. The highest BCUT2D eigenvalue weighted by Crippen LogP contribution is 2.30. The predicted octanol–water partition coefficient (Wildman–Crippen LogP) is 2.79. The smallest absolute Gasteiger partial charge is 0.257 e. The number of sulfonamides is 1. The van der Waals surface area contributed by atoms with Gasteiger partial charge in [0.25, 0.3) is 5.91 Å². The van der Waals surface area contributed by atoms with E-state index in [4.69, 9.17) is 9.47 Å². The van der Waals surface area contributed by atoms with E-state index in [9.17, 15) is 18.0 Å². The Morgan fingerprint density at radius 1 is 1.03 bits per heavy atom. The molecule has 2 aromatic carbocycles. The van der Waals surface area contributed by atoms with Gasteiger partial charge in [-0.15, -0.1) is 10.2 Å². The van der Waals surface area contributed by atoms with Crippen LogP contribution in [-0.4, -0.2) is 68.8 Å². The normalized spacial score (nSPS) is 11.2. The van der Waals surface area contributed by atoms with Gasteiger partial charge in [0, 0.05) is 25.7 Å². The zero-order valence-electron chi connectivity index (χ0n) is 19.3. The maximum absolute atomic E-state index is 12.5. The van der Waals surface area contributed by atoms with E-state index in [0.29, 0.717) is 21.5 Å². The van der Waals surface area contributed by atoms with Crippen molar-refractivity contribution in [2.75, 3.05) is 44.7 Å². The number of ether oxygens (including phenoxy) is 2. The minimum atomic E-state index is -3.58. The molecule has 0 radical (unpaired) electrons. The number of carbonyl (C=O) groups is 2. The number of nitrogens with one attached hydrogen (secondary N) is 2. The van der Waals surface area contributed by atoms with Crippen LogP contribution in [0.25, 0.3) is 0 Å². The van der Waals surface area contributed by atoms with Crippen LogP contribution in [0.3, 0.4) is 0 Å². The Balaban J connectivity index is 1.56. The average Bonchev–Trinajstić information content (AvgIpc) is 3.29. The van der Waals surface area contributed by atoms with E-state index in [1.54, 1.807) is 18.2 Å². The molecule has 1 heterocycles. The number of methoxy groups -OCH3 is 2. The van der Waals surface area contributed by atoms with Crippen molar-refractivity contribution >= 4 is 55.8 Å². The average molecular weight is 538 g/mol. The van der Waals surface area contributed by atoms with Gasteiger partial charge in [0.2, 0.25) is 21.1 Å². The molecule has 0 bridgehead atoms. The Labute approximate surface area is 210 Å². The molecule has 0 saturated carbocycles. The molecule has 0 aliphatic rings. The first kappa shape index (κ1) is 26.4. The highest BCUT2D eigenvalue weighted by atomic mass is 32.2. The molecule has 0 spiro atoms. The molecule has 14 heteroatoms. The fourth-order valence-corrected chi connectivity index (χ4v) is 5.15. The molecule has 0 atom stereocenters. The third kappa shape index (κ3) is 6.69. The van der Waals surface area contributed by atoms with Crippen LogP contribution in [0.1, 0.15) is 10.4 Å². The van der Waals surface area contributed by atoms with Gasteiger partial charge in [0.15, 0.2) is 4.34 Å². The van der Waals surface area contributed by atoms with E-state index in [1.807, 2.05) is 0 Å². The summed E-state index contributed by atoms with van der Waals surface area (Å²) in [4.78, 5) is 24.9. The number of hydrogen-bond acceptors (Lipinski definition) is 10. The zero-order chi connectivity index (χ0) is 25.6. The molecule has 35 heavy (non-hydrogen) atoms. The Bertz CT molecular complexity index is 1310. The standard InChI is InChI=1S/C21H23N5O6S3/c1-26(2)35(29,30)15-8-5-13(6-9-15)19(28)23-20-24-25-21(34-20)33-12-18(27)22-16-11-14(31-3)7-10-17(16)32-4/h5-11H,12H2,1-4H3,(H,22,27)(H,23,24,28). The maximum atomic E-state index is 12.5. The number of benzene rings is 2. The van der Waals surface area contributed by atoms with Gasteiger partial charge in [-0.05, 0) is 36.4 Å². The van der Waals surface area contributed by atoms with Gasteiger partial charge in [-0.2, -0.15) is 0 Å². The monoisotopic (exact) mass is 537 g/mol. The Morgan fingerprint density at radius 2 is 1.74 bits per heavy atom. The molecule has 0 saturated heterocycles. The summed E-state index contributed by atoms with van der Waals surface area (Å²) in [5, 5.41) is 13.5. The number of hydrogen-bond donors (Lipinski definition) is 2. The third-order valence-corrected chi connectivity index (χ3v) is 8.33. The lowest BCUT2D eigenvalue weighted by atomic mass is 10.2. The van der Waals surface area contributed by atoms with E-state index >= 15 is 0 Å². The van der Waals surface area contributed by atoms with Crippen molar-refractivity contribution in [1.82, 2.24) is 14.5 Å². The number of thioether (sulfide) groups is 1. The van der Waals surface area contributed by atoms with E-state index < -0.39 is 15.9 Å². The van der Waals surface area contributed by atoms with Crippen molar-refractivity contribution in [2.45, 2.75) is 9.24 Å². The fraction of sp³-hybridized carbons (Fsp3) is 0.238. The quantitative estimate of drug-likeness (QED) is 0.295. The molecule has 2 N–H and O–H groups in total. The van der Waals surface area contributed by atoms with Gasteiger partial charge in [0.1, 0.15) is 11.5 Å². The van der Waals surface area contributed by atoms with Gasteiger partial charge in [-0.25, -0.2) is 12.7 Å². The van der Waals surface area contributed by atoms with Gasteiger partial charge in [-0.3, -0.25) is 14.9 Å². The number of nitrogens with zero attached hydrogens (tertiary/aromatic N) is 3. The summed E-state index contributed by atoms with van der Waals surface area (Å²) in [6.45, 7) is 0. The van der Waals surface area contributed by atoms with E-state index in [0.717, 1.165) is 27.4 Å². The lowest BCUT2D eigenvalue weighted by Crippen LogP contribution is -2.22. The second-order valence-electron chi connectivity index (χ2n) is 7.04. The summed E-state index contributed by atoms with van der Waals surface area (Å²) in [5.41, 5.74) is 0.741. The molecule has 0 unspecified atom stereocenters. The lowest BCUT2D eigenvalue weighted by Gasteiger charge is -2.11. The molecule has 2 amide bonds. The zero-order valence-corrected chi connectivity index (χ0v) is 21.7. The van der Waals surface area contributed by atoms with Crippen LogP contribution in [0.2, 0.25) is 0 Å². The van der Waals surface area contributed by atoms with Crippen LogP contribution in [-0.2, 0) is 14.8 Å². The van der Waals surface area contributed by atoms with E-state index in [1.165, 1.54) is 52.6 Å². The highest BCUT2D eigenvalue weighted by molar-refractivity contribution is 8.01. The number of aromatic nitrogens is 2. The molecular weight excluding hydrogens is 514 g/mol. The van der Waals surface area contributed by atoms with E-state index in [2.05, 4.69) is 20.8 Å². The summed E-state index contributed by atoms with van der Waals surface area (Å²) in [5.74, 6) is 0.388. The van der Waals surface area contributed by atoms with Crippen LogP contribution >= 0.6 is 23.1 Å². The first-order chi connectivity index (χ1) is 16.6. The molecule has 3 rings (SSSR count). The molecule has 0 fully saturated rings. The van der Waals surface area contributed by atoms with Gasteiger partial charge >= 0.3 is 0 Å². The molecule has 0 aliphatic heterocycles. The maximum Gasteiger partial charge on any atom is 0.257 e. The number of amides is 2. The summed E-state index contributed by atoms with van der Waals surface area (Å²) < 4.78 is 36.3. The number of rotatable bonds is 10. The van der Waals surface area contributed by atoms with Crippen LogP contribution < -0.4 is 20.1 Å². The van der Waals surface area contributed by atoms with Crippen LogP contribution in [0, 0.1) is 0 Å². The number of carbonyl (C=O) groups excluding carboxylic acids is 2. The Hall–Kier alpha value is -3.20. The van der Waals surface area contributed by atoms with Gasteiger partial charge < -0.3 is 14.8 Å². The van der Waals surface area contributed by atoms with Crippen molar-refractivity contribution < 1.29 is 27.5 Å². The SMILES string of the molecule is COc1ccc(OC)c(NC(=O)CSc2nnc(NC(=O)c3ccc(S(=O)(=O)N(C)C)cc3)s2)c1. The molecule has 186 valence electrons. The van der Waals surface area contributed by atoms with Gasteiger partial charge in [0.05, 0.1) is 30.6 Å². The molecule has 11 nitrogen and oxygen atoms in total. The first-order valence-electron chi connectivity index (χ1n) is 9.96. The van der Waals surface area contributed by atoms with Crippen molar-refractivity contribution in [3.05, 3.63) is 48.0 Å². The molecule has 3 aromatic rings. The summed E-state index contributed by atoms with van der Waals surface area (Å²) >= 11 is 2.27. The van der Waals surface area contributed by atoms with Crippen molar-refractivity contribution in [3.63, 3.8) is 0 Å². The first-order valence-corrected chi connectivity index (χ1v) is 13.2. The van der Waals surface area contributed by atoms with Gasteiger partial charge in [-0.1, -0.05) is 23.1 Å². The Morgan fingerprint density at radius 3 is 2.37 bits per heavy atom. The number of anilines is 2. The Kier molecular flexibility index (Phi) is 8.67. The molecular formula is C21H23N5O6S3. The van der Waals surface area contributed by atoms with Crippen LogP contribution in [0.15, 0.2) is 51.7 Å². The second-order valence-corrected chi connectivity index (χ2v) is 11.4. The second kappa shape index (κ2) is 11.5. The van der Waals surface area contributed by atoms with Crippen LogP contribution in [0.5, 0.6) is 11.5 Å². The lowest BCUT2D eigenvalue weighted by molar-refractivity contribution is -0.113. The highest BCUT2D eigenvalue weighted by Gasteiger charge is 2.18. The van der Waals surface area contributed by atoms with Crippen LogP contribution in [0.4, 0.5) is 10.8 Å². The molecule has 1 aromatic heterocycles. The summed E-state index contributed by atoms with van der Waals surface area (Å²) in [7, 11) is 2.31. The van der Waals surface area contributed by atoms with Crippen molar-refractivity contribution in [1.29, 1.82) is 0 Å². The van der Waals surface area contributed by atoms with Crippen molar-refractivity contribution in [3.8, 4) is 11.5 Å². The predicted molar refractivity (Wildman–Crippen MR) is 134 cm³/mol. The van der Waals surface area contributed by atoms with Crippen molar-refractivity contribution in [2.24, 2.45) is 0 Å². The summed E-state index contributed by atoms with van der Waals surface area (Å²) in [6, 6.07) is 10.6. The largest absolute Gasteiger partial charge is 0.497 e. The minimum absolute atomic E-state index is 0.0603.